The Bertz CT molecular complexity index is 1200. The van der Waals surface area contributed by atoms with E-state index in [9.17, 15) is 0 Å². The molecular weight excluding hydrogens is 372 g/mol. The van der Waals surface area contributed by atoms with Gasteiger partial charge in [-0.05, 0) is 62.9 Å². The van der Waals surface area contributed by atoms with Crippen molar-refractivity contribution in [2.75, 3.05) is 21.3 Å². The molecule has 0 aliphatic heterocycles. The smallest absolute Gasteiger partial charge is 0.203 e. The lowest BCUT2D eigenvalue weighted by Gasteiger charge is -2.15. The minimum Gasteiger partial charge on any atom is -0.493 e. The van der Waals surface area contributed by atoms with Crippen LogP contribution >= 0.6 is 0 Å². The fourth-order valence-corrected chi connectivity index (χ4v) is 3.68. The summed E-state index contributed by atoms with van der Waals surface area (Å²) in [6.07, 6.45) is 0. The summed E-state index contributed by atoms with van der Waals surface area (Å²) in [5.74, 6) is 1.84. The first-order chi connectivity index (χ1) is 14.6. The second-order valence-corrected chi connectivity index (χ2v) is 7.04. The van der Waals surface area contributed by atoms with Crippen molar-refractivity contribution in [3.05, 3.63) is 96.6 Å². The van der Waals surface area contributed by atoms with E-state index in [1.165, 1.54) is 10.8 Å². The molecule has 30 heavy (non-hydrogen) atoms. The van der Waals surface area contributed by atoms with Crippen molar-refractivity contribution >= 4 is 16.3 Å². The minimum atomic E-state index is 0.584. The molecule has 0 spiro atoms. The normalized spacial score (nSPS) is 10.6. The molecule has 0 amide bonds. The molecule has 150 valence electrons. The fraction of sp³-hybridized carbons (Fsp3) is 0.111. The number of rotatable bonds is 6. The number of ether oxygens (including phenoxy) is 3. The Morgan fingerprint density at radius 2 is 1.27 bits per heavy atom. The Morgan fingerprint density at radius 1 is 0.600 bits per heavy atom. The lowest BCUT2D eigenvalue weighted by molar-refractivity contribution is 0.324. The highest BCUT2D eigenvalue weighted by molar-refractivity contribution is 5.89. The number of hydrogen-bond acceptors (Lipinski definition) is 3. The van der Waals surface area contributed by atoms with E-state index in [0.717, 1.165) is 27.8 Å². The van der Waals surface area contributed by atoms with Gasteiger partial charge in [-0.15, -0.1) is 0 Å². The number of hydrogen-bond donors (Lipinski definition) is 0. The van der Waals surface area contributed by atoms with Gasteiger partial charge in [0.1, 0.15) is 0 Å². The van der Waals surface area contributed by atoms with E-state index in [4.69, 9.17) is 14.2 Å². The van der Waals surface area contributed by atoms with Crippen LogP contribution in [0.25, 0.3) is 27.5 Å². The zero-order chi connectivity index (χ0) is 21.1. The molecule has 0 atom stereocenters. The molecule has 0 radical (unpaired) electrons. The molecule has 0 aliphatic rings. The van der Waals surface area contributed by atoms with Gasteiger partial charge in [-0.25, -0.2) is 0 Å². The molecule has 0 unspecified atom stereocenters. The van der Waals surface area contributed by atoms with Gasteiger partial charge in [0.05, 0.1) is 21.3 Å². The van der Waals surface area contributed by atoms with E-state index in [1.54, 1.807) is 21.3 Å². The SMILES string of the molecule is C=C(c1cccc(-c2cc(OC)c(OC)c(OC)c2)c1)c1ccc2ccccc2c1. The predicted molar refractivity (Wildman–Crippen MR) is 124 cm³/mol. The standard InChI is InChI=1S/C27H24O3/c1-18(21-13-12-19-8-5-6-9-22(19)15-21)20-10-7-11-23(14-20)24-16-25(28-2)27(30-4)26(17-24)29-3/h5-17H,1H2,2-4H3. The lowest BCUT2D eigenvalue weighted by Crippen LogP contribution is -1.96. The largest absolute Gasteiger partial charge is 0.493 e. The van der Waals surface area contributed by atoms with E-state index in [2.05, 4.69) is 67.2 Å². The predicted octanol–water partition coefficient (Wildman–Crippen LogP) is 6.59. The van der Waals surface area contributed by atoms with Gasteiger partial charge in [-0.1, -0.05) is 61.2 Å². The molecule has 4 aromatic rings. The summed E-state index contributed by atoms with van der Waals surface area (Å²) in [6, 6.07) is 27.0. The van der Waals surface area contributed by atoms with Crippen molar-refractivity contribution in [1.82, 2.24) is 0 Å². The average molecular weight is 396 g/mol. The Labute approximate surface area is 177 Å². The van der Waals surface area contributed by atoms with Crippen LogP contribution in [0.15, 0.2) is 85.4 Å². The number of fused-ring (bicyclic) bond motifs is 1. The molecule has 0 fully saturated rings. The van der Waals surface area contributed by atoms with Crippen molar-refractivity contribution in [3.8, 4) is 28.4 Å². The van der Waals surface area contributed by atoms with Crippen molar-refractivity contribution in [2.45, 2.75) is 0 Å². The molecular formula is C27H24O3. The van der Waals surface area contributed by atoms with E-state index in [1.807, 2.05) is 18.2 Å². The van der Waals surface area contributed by atoms with Crippen LogP contribution in [0.1, 0.15) is 11.1 Å². The molecule has 0 aromatic heterocycles. The van der Waals surface area contributed by atoms with Crippen LogP contribution in [-0.4, -0.2) is 21.3 Å². The zero-order valence-electron chi connectivity index (χ0n) is 17.4. The average Bonchev–Trinajstić information content (AvgIpc) is 2.82. The van der Waals surface area contributed by atoms with Crippen molar-refractivity contribution in [2.24, 2.45) is 0 Å². The highest BCUT2D eigenvalue weighted by atomic mass is 16.5. The van der Waals surface area contributed by atoms with Crippen molar-refractivity contribution < 1.29 is 14.2 Å². The summed E-state index contributed by atoms with van der Waals surface area (Å²) >= 11 is 0. The highest BCUT2D eigenvalue weighted by Crippen LogP contribution is 2.41. The number of methoxy groups -OCH3 is 3. The molecule has 3 nitrogen and oxygen atoms in total. The summed E-state index contributed by atoms with van der Waals surface area (Å²) in [4.78, 5) is 0. The summed E-state index contributed by atoms with van der Waals surface area (Å²) in [5, 5.41) is 2.43. The van der Waals surface area contributed by atoms with E-state index >= 15 is 0 Å². The monoisotopic (exact) mass is 396 g/mol. The molecule has 3 heteroatoms. The van der Waals surface area contributed by atoms with Gasteiger partial charge < -0.3 is 14.2 Å². The summed E-state index contributed by atoms with van der Waals surface area (Å²) in [5.41, 5.74) is 5.19. The van der Waals surface area contributed by atoms with Gasteiger partial charge in [0.25, 0.3) is 0 Å². The zero-order valence-corrected chi connectivity index (χ0v) is 17.4. The van der Waals surface area contributed by atoms with Gasteiger partial charge in [0.2, 0.25) is 5.75 Å². The van der Waals surface area contributed by atoms with Crippen LogP contribution in [-0.2, 0) is 0 Å². The second-order valence-electron chi connectivity index (χ2n) is 7.04. The Kier molecular flexibility index (Phi) is 5.44. The van der Waals surface area contributed by atoms with Crippen LogP contribution in [0.5, 0.6) is 17.2 Å². The van der Waals surface area contributed by atoms with E-state index in [-0.39, 0.29) is 0 Å². The van der Waals surface area contributed by atoms with Gasteiger partial charge in [0.15, 0.2) is 11.5 Å². The molecule has 0 bridgehead atoms. The molecule has 0 saturated carbocycles. The maximum absolute atomic E-state index is 5.51. The number of benzene rings is 4. The van der Waals surface area contributed by atoms with Crippen LogP contribution in [0.2, 0.25) is 0 Å². The summed E-state index contributed by atoms with van der Waals surface area (Å²) < 4.78 is 16.5. The molecule has 4 rings (SSSR count). The van der Waals surface area contributed by atoms with Crippen LogP contribution in [0.4, 0.5) is 0 Å². The van der Waals surface area contributed by atoms with Gasteiger partial charge in [0, 0.05) is 0 Å². The minimum absolute atomic E-state index is 0.584. The lowest BCUT2D eigenvalue weighted by atomic mass is 9.94. The second kappa shape index (κ2) is 8.34. The van der Waals surface area contributed by atoms with Crippen LogP contribution in [0, 0.1) is 0 Å². The van der Waals surface area contributed by atoms with E-state index < -0.39 is 0 Å². The van der Waals surface area contributed by atoms with Crippen molar-refractivity contribution in [3.63, 3.8) is 0 Å². The molecule has 4 aromatic carbocycles. The van der Waals surface area contributed by atoms with Crippen LogP contribution in [0.3, 0.4) is 0 Å². The maximum Gasteiger partial charge on any atom is 0.203 e. The highest BCUT2D eigenvalue weighted by Gasteiger charge is 2.14. The molecule has 0 saturated heterocycles. The third-order valence-electron chi connectivity index (χ3n) is 5.31. The maximum atomic E-state index is 5.51. The Morgan fingerprint density at radius 3 is 1.93 bits per heavy atom. The Balaban J connectivity index is 1.74. The quantitative estimate of drug-likeness (QED) is 0.368. The third kappa shape index (κ3) is 3.62. The van der Waals surface area contributed by atoms with Crippen molar-refractivity contribution in [1.29, 1.82) is 0 Å². The van der Waals surface area contributed by atoms with Gasteiger partial charge in [-0.3, -0.25) is 0 Å². The molecule has 0 heterocycles. The first-order valence-electron chi connectivity index (χ1n) is 9.73. The van der Waals surface area contributed by atoms with E-state index in [0.29, 0.717) is 17.2 Å². The Hall–Kier alpha value is -3.72. The summed E-state index contributed by atoms with van der Waals surface area (Å²) in [6.45, 7) is 4.36. The van der Waals surface area contributed by atoms with Gasteiger partial charge in [-0.2, -0.15) is 0 Å². The first-order valence-corrected chi connectivity index (χ1v) is 9.73. The first kappa shape index (κ1) is 19.6. The summed E-state index contributed by atoms with van der Waals surface area (Å²) in [7, 11) is 4.85. The third-order valence-corrected chi connectivity index (χ3v) is 5.31. The van der Waals surface area contributed by atoms with Gasteiger partial charge >= 0.3 is 0 Å². The van der Waals surface area contributed by atoms with Crippen LogP contribution < -0.4 is 14.2 Å². The fourth-order valence-electron chi connectivity index (χ4n) is 3.68. The molecule has 0 N–H and O–H groups in total. The topological polar surface area (TPSA) is 27.7 Å². The molecule has 0 aliphatic carbocycles.